The summed E-state index contributed by atoms with van der Waals surface area (Å²) in [5.41, 5.74) is 0. The average Bonchev–Trinajstić information content (AvgIpc) is 2.04. The Morgan fingerprint density at radius 1 is 1.50 bits per heavy atom. The van der Waals surface area contributed by atoms with Crippen molar-refractivity contribution in [3.05, 3.63) is 0 Å². The summed E-state index contributed by atoms with van der Waals surface area (Å²) in [6.45, 7) is 6.77. The third-order valence-electron chi connectivity index (χ3n) is 2.22. The normalized spacial score (nSPS) is 20.7. The molecule has 0 aromatic carbocycles. The molecule has 0 unspecified atom stereocenters. The highest BCUT2D eigenvalue weighted by atomic mass is 127. The highest BCUT2D eigenvalue weighted by Crippen LogP contribution is 2.07. The van der Waals surface area contributed by atoms with Crippen molar-refractivity contribution in [3.63, 3.8) is 0 Å². The van der Waals surface area contributed by atoms with E-state index in [0.29, 0.717) is 12.6 Å². The summed E-state index contributed by atoms with van der Waals surface area (Å²) in [4.78, 5) is 15.5. The van der Waals surface area contributed by atoms with Crippen LogP contribution in [0.1, 0.15) is 13.8 Å². The lowest BCUT2D eigenvalue weighted by molar-refractivity contribution is -0.135. The van der Waals surface area contributed by atoms with Crippen LogP contribution in [0.5, 0.6) is 0 Å². The standard InChI is InChI=1S/C8H15IN2O/c1-7(2)10-3-4-11(6-9)8(12)5-10/h7H,3-6H2,1-2H3. The van der Waals surface area contributed by atoms with E-state index < -0.39 is 0 Å². The SMILES string of the molecule is CC(C)N1CCN(CI)C(=O)C1. The van der Waals surface area contributed by atoms with E-state index in [9.17, 15) is 4.79 Å². The molecule has 3 nitrogen and oxygen atoms in total. The molecule has 0 aromatic rings. The maximum Gasteiger partial charge on any atom is 0.237 e. The van der Waals surface area contributed by atoms with E-state index in [1.165, 1.54) is 0 Å². The number of alkyl halides is 1. The Labute approximate surface area is 87.2 Å². The van der Waals surface area contributed by atoms with Crippen molar-refractivity contribution in [2.24, 2.45) is 0 Å². The number of amides is 1. The van der Waals surface area contributed by atoms with Crippen LogP contribution in [0.15, 0.2) is 0 Å². The summed E-state index contributed by atoms with van der Waals surface area (Å²) in [6, 6.07) is 0.491. The van der Waals surface area contributed by atoms with Crippen LogP contribution in [0.3, 0.4) is 0 Å². The van der Waals surface area contributed by atoms with E-state index in [-0.39, 0.29) is 5.91 Å². The zero-order valence-electron chi connectivity index (χ0n) is 7.59. The van der Waals surface area contributed by atoms with Gasteiger partial charge in [-0.2, -0.15) is 0 Å². The molecular formula is C8H15IN2O. The molecule has 0 atom stereocenters. The highest BCUT2D eigenvalue weighted by molar-refractivity contribution is 14.1. The number of rotatable bonds is 2. The Morgan fingerprint density at radius 3 is 2.58 bits per heavy atom. The van der Waals surface area contributed by atoms with Crippen LogP contribution in [0.4, 0.5) is 0 Å². The first-order valence-electron chi connectivity index (χ1n) is 4.23. The van der Waals surface area contributed by atoms with Crippen LogP contribution in [-0.4, -0.2) is 45.9 Å². The van der Waals surface area contributed by atoms with Crippen LogP contribution in [0.25, 0.3) is 0 Å². The maximum atomic E-state index is 11.4. The van der Waals surface area contributed by atoms with Gasteiger partial charge in [-0.05, 0) is 13.8 Å². The number of carbonyl (C=O) groups excluding carboxylic acids is 1. The van der Waals surface area contributed by atoms with E-state index in [0.717, 1.165) is 17.6 Å². The Bertz CT molecular complexity index is 172. The third kappa shape index (κ3) is 2.32. The van der Waals surface area contributed by atoms with E-state index >= 15 is 0 Å². The molecule has 0 aromatic heterocycles. The first-order chi connectivity index (χ1) is 5.65. The van der Waals surface area contributed by atoms with Crippen molar-refractivity contribution >= 4 is 28.5 Å². The largest absolute Gasteiger partial charge is 0.331 e. The first-order valence-corrected chi connectivity index (χ1v) is 5.75. The van der Waals surface area contributed by atoms with Gasteiger partial charge in [0, 0.05) is 19.1 Å². The van der Waals surface area contributed by atoms with Gasteiger partial charge in [-0.3, -0.25) is 9.69 Å². The summed E-state index contributed by atoms with van der Waals surface area (Å²) in [5.74, 6) is 0.268. The van der Waals surface area contributed by atoms with E-state index in [2.05, 4.69) is 41.3 Å². The number of nitrogens with zero attached hydrogens (tertiary/aromatic N) is 2. The maximum absolute atomic E-state index is 11.4. The second-order valence-electron chi connectivity index (χ2n) is 3.34. The lowest BCUT2D eigenvalue weighted by Gasteiger charge is -2.35. The summed E-state index contributed by atoms with van der Waals surface area (Å²) in [7, 11) is 0. The van der Waals surface area contributed by atoms with Gasteiger partial charge in [0.1, 0.15) is 0 Å². The number of hydrogen-bond acceptors (Lipinski definition) is 2. The predicted molar refractivity (Wildman–Crippen MR) is 57.3 cm³/mol. The molecular weight excluding hydrogens is 267 g/mol. The lowest BCUT2D eigenvalue weighted by Crippen LogP contribution is -2.51. The Balaban J connectivity index is 2.46. The Hall–Kier alpha value is 0.160. The van der Waals surface area contributed by atoms with Gasteiger partial charge in [-0.25, -0.2) is 0 Å². The van der Waals surface area contributed by atoms with Gasteiger partial charge >= 0.3 is 0 Å². The van der Waals surface area contributed by atoms with E-state index in [1.54, 1.807) is 0 Å². The second-order valence-corrected chi connectivity index (χ2v) is 4.02. The smallest absolute Gasteiger partial charge is 0.237 e. The highest BCUT2D eigenvalue weighted by Gasteiger charge is 2.23. The van der Waals surface area contributed by atoms with Gasteiger partial charge in [-0.15, -0.1) is 0 Å². The summed E-state index contributed by atoms with van der Waals surface area (Å²) < 4.78 is 0.822. The second kappa shape index (κ2) is 4.41. The van der Waals surface area contributed by atoms with Gasteiger partial charge in [0.25, 0.3) is 0 Å². The minimum absolute atomic E-state index is 0.268. The molecule has 0 N–H and O–H groups in total. The molecule has 1 aliphatic rings. The molecule has 1 rings (SSSR count). The van der Waals surface area contributed by atoms with Crippen LogP contribution >= 0.6 is 22.6 Å². The zero-order chi connectivity index (χ0) is 9.14. The van der Waals surface area contributed by atoms with Crippen molar-refractivity contribution in [2.45, 2.75) is 19.9 Å². The predicted octanol–water partition coefficient (Wildman–Crippen LogP) is 0.932. The molecule has 1 fully saturated rings. The van der Waals surface area contributed by atoms with E-state index in [4.69, 9.17) is 0 Å². The molecule has 0 aliphatic carbocycles. The fourth-order valence-electron chi connectivity index (χ4n) is 1.29. The number of piperazine rings is 1. The molecule has 4 heteroatoms. The first kappa shape index (κ1) is 10.2. The van der Waals surface area contributed by atoms with Crippen molar-refractivity contribution in [1.82, 2.24) is 9.80 Å². The lowest BCUT2D eigenvalue weighted by atomic mass is 10.2. The van der Waals surface area contributed by atoms with E-state index in [1.807, 2.05) is 4.90 Å². The number of hydrogen-bond donors (Lipinski definition) is 0. The van der Waals surface area contributed by atoms with Gasteiger partial charge in [0.05, 0.1) is 11.1 Å². The fourth-order valence-corrected chi connectivity index (χ4v) is 2.02. The fraction of sp³-hybridized carbons (Fsp3) is 0.875. The van der Waals surface area contributed by atoms with Gasteiger partial charge in [-0.1, -0.05) is 22.6 Å². The van der Waals surface area contributed by atoms with Gasteiger partial charge in [0.2, 0.25) is 5.91 Å². The molecule has 1 amide bonds. The monoisotopic (exact) mass is 282 g/mol. The van der Waals surface area contributed by atoms with Gasteiger partial charge < -0.3 is 4.90 Å². The Morgan fingerprint density at radius 2 is 2.17 bits per heavy atom. The van der Waals surface area contributed by atoms with Crippen LogP contribution < -0.4 is 0 Å². The van der Waals surface area contributed by atoms with Crippen molar-refractivity contribution in [1.29, 1.82) is 0 Å². The number of halogens is 1. The van der Waals surface area contributed by atoms with Gasteiger partial charge in [0.15, 0.2) is 0 Å². The van der Waals surface area contributed by atoms with Crippen molar-refractivity contribution < 1.29 is 4.79 Å². The third-order valence-corrected chi connectivity index (χ3v) is 3.05. The molecule has 0 bridgehead atoms. The molecule has 1 heterocycles. The molecule has 0 radical (unpaired) electrons. The minimum Gasteiger partial charge on any atom is -0.331 e. The molecule has 0 saturated carbocycles. The molecule has 1 aliphatic heterocycles. The molecule has 70 valence electrons. The topological polar surface area (TPSA) is 23.6 Å². The molecule has 0 spiro atoms. The van der Waals surface area contributed by atoms with Crippen molar-refractivity contribution in [2.75, 3.05) is 24.2 Å². The minimum atomic E-state index is 0.268. The van der Waals surface area contributed by atoms with Crippen LogP contribution in [0, 0.1) is 0 Å². The van der Waals surface area contributed by atoms with Crippen LogP contribution in [0.2, 0.25) is 0 Å². The summed E-state index contributed by atoms with van der Waals surface area (Å²) in [6.07, 6.45) is 0. The van der Waals surface area contributed by atoms with Crippen molar-refractivity contribution in [3.8, 4) is 0 Å². The zero-order valence-corrected chi connectivity index (χ0v) is 9.74. The molecule has 1 saturated heterocycles. The molecule has 12 heavy (non-hydrogen) atoms. The number of carbonyl (C=O) groups is 1. The quantitative estimate of drug-likeness (QED) is 0.427. The van der Waals surface area contributed by atoms with Crippen LogP contribution in [-0.2, 0) is 4.79 Å². The Kier molecular flexibility index (Phi) is 3.77. The average molecular weight is 282 g/mol. The summed E-state index contributed by atoms with van der Waals surface area (Å²) >= 11 is 2.23. The summed E-state index contributed by atoms with van der Waals surface area (Å²) in [5, 5.41) is 0.